The fraction of sp³-hybridized carbons (Fsp3) is 0.143. The lowest BCUT2D eigenvalue weighted by atomic mass is 10.3. The Morgan fingerprint density at radius 2 is 0.941 bits per heavy atom. The van der Waals surface area contributed by atoms with Crippen molar-refractivity contribution >= 4 is 11.8 Å². The van der Waals surface area contributed by atoms with Gasteiger partial charge in [-0.3, -0.25) is 0 Å². The molecule has 0 aliphatic carbocycles. The molecule has 2 aromatic rings. The van der Waals surface area contributed by atoms with Gasteiger partial charge in [0.2, 0.25) is 0 Å². The zero-order valence-corrected chi connectivity index (χ0v) is 10.6. The zero-order valence-electron chi connectivity index (χ0n) is 9.78. The molecule has 0 heterocycles. The number of halogens is 2. The Labute approximate surface area is 105 Å². The summed E-state index contributed by atoms with van der Waals surface area (Å²) < 4.78 is 25.2. The maximum absolute atomic E-state index is 12.6. The highest BCUT2D eigenvalue weighted by molar-refractivity contribution is 7.99. The molecule has 0 aliphatic rings. The Morgan fingerprint density at radius 1 is 0.647 bits per heavy atom. The third kappa shape index (κ3) is 4.57. The lowest BCUT2D eigenvalue weighted by Crippen LogP contribution is -1.76. The normalized spacial score (nSPS) is 9.41. The van der Waals surface area contributed by atoms with Crippen LogP contribution >= 0.6 is 11.8 Å². The monoisotopic (exact) mass is 252 g/mol. The highest BCUT2D eigenvalue weighted by Gasteiger charge is 1.98. The van der Waals surface area contributed by atoms with Gasteiger partial charge in [0, 0.05) is 9.79 Å². The quantitative estimate of drug-likeness (QED) is 0.713. The summed E-state index contributed by atoms with van der Waals surface area (Å²) in [6, 6.07) is 12.4. The van der Waals surface area contributed by atoms with Crippen molar-refractivity contribution in [2.24, 2.45) is 0 Å². The number of hydrogen-bond donors (Lipinski definition) is 0. The highest BCUT2D eigenvalue weighted by atomic mass is 32.2. The summed E-state index contributed by atoms with van der Waals surface area (Å²) in [5.41, 5.74) is 0. The first-order chi connectivity index (χ1) is 8.24. The van der Waals surface area contributed by atoms with Gasteiger partial charge in [0.25, 0.3) is 0 Å². The molecule has 2 rings (SSSR count). The smallest absolute Gasteiger partial charge is 0.123 e. The predicted molar refractivity (Wildman–Crippen MR) is 68.3 cm³/mol. The van der Waals surface area contributed by atoms with Crippen LogP contribution in [-0.4, -0.2) is 0 Å². The van der Waals surface area contributed by atoms with Crippen LogP contribution in [0.15, 0.2) is 58.3 Å². The summed E-state index contributed by atoms with van der Waals surface area (Å²) in [5.74, 6) is -0.503. The minimum atomic E-state index is -0.251. The van der Waals surface area contributed by atoms with E-state index >= 15 is 0 Å². The topological polar surface area (TPSA) is 0 Å². The van der Waals surface area contributed by atoms with E-state index in [-0.39, 0.29) is 11.6 Å². The van der Waals surface area contributed by atoms with Gasteiger partial charge in [0.05, 0.1) is 0 Å². The lowest BCUT2D eigenvalue weighted by molar-refractivity contribution is 0.626. The SMILES string of the molecule is CC.Fc1ccc(Sc2ccc(F)cc2)cc1. The van der Waals surface area contributed by atoms with E-state index in [0.29, 0.717) is 0 Å². The average Bonchev–Trinajstić information content (AvgIpc) is 2.37. The van der Waals surface area contributed by atoms with Gasteiger partial charge in [0.15, 0.2) is 0 Å². The Balaban J connectivity index is 0.000000686. The van der Waals surface area contributed by atoms with Crippen molar-refractivity contribution in [3.63, 3.8) is 0 Å². The Bertz CT molecular complexity index is 391. The molecule has 3 heteroatoms. The summed E-state index contributed by atoms with van der Waals surface area (Å²) in [7, 11) is 0. The number of hydrogen-bond acceptors (Lipinski definition) is 1. The molecular weight excluding hydrogens is 238 g/mol. The van der Waals surface area contributed by atoms with Crippen molar-refractivity contribution in [3.8, 4) is 0 Å². The number of benzene rings is 2. The molecule has 0 spiro atoms. The molecule has 0 nitrogen and oxygen atoms in total. The van der Waals surface area contributed by atoms with Gasteiger partial charge in [-0.1, -0.05) is 25.6 Å². The van der Waals surface area contributed by atoms with Crippen molar-refractivity contribution < 1.29 is 8.78 Å². The predicted octanol–water partition coefficient (Wildman–Crippen LogP) is 5.14. The number of rotatable bonds is 2. The first kappa shape index (κ1) is 13.7. The van der Waals surface area contributed by atoms with Crippen molar-refractivity contribution in [2.75, 3.05) is 0 Å². The van der Waals surface area contributed by atoms with Crippen LogP contribution in [-0.2, 0) is 0 Å². The Kier molecular flexibility index (Phi) is 5.70. The van der Waals surface area contributed by atoms with E-state index in [9.17, 15) is 8.78 Å². The van der Waals surface area contributed by atoms with Gasteiger partial charge in [-0.2, -0.15) is 0 Å². The lowest BCUT2D eigenvalue weighted by Gasteiger charge is -2.00. The molecule has 0 N–H and O–H groups in total. The fourth-order valence-electron chi connectivity index (χ4n) is 1.14. The first-order valence-electron chi connectivity index (χ1n) is 5.43. The maximum Gasteiger partial charge on any atom is 0.123 e. The summed E-state index contributed by atoms with van der Waals surface area (Å²) in [5, 5.41) is 0. The van der Waals surface area contributed by atoms with Crippen LogP contribution in [0.2, 0.25) is 0 Å². The van der Waals surface area contributed by atoms with E-state index in [1.807, 2.05) is 13.8 Å². The molecule has 0 saturated carbocycles. The van der Waals surface area contributed by atoms with Gasteiger partial charge in [0.1, 0.15) is 11.6 Å². The second-order valence-corrected chi connectivity index (χ2v) is 4.16. The Morgan fingerprint density at radius 3 is 1.24 bits per heavy atom. The molecule has 0 radical (unpaired) electrons. The standard InChI is InChI=1S/C12H8F2S.C2H6/c13-9-1-5-11(6-2-9)15-12-7-3-10(14)4-8-12;1-2/h1-8H;1-2H3. The summed E-state index contributed by atoms with van der Waals surface area (Å²) in [6.07, 6.45) is 0. The highest BCUT2D eigenvalue weighted by Crippen LogP contribution is 2.27. The van der Waals surface area contributed by atoms with Crippen LogP contribution in [0.25, 0.3) is 0 Å². The summed E-state index contributed by atoms with van der Waals surface area (Å²) >= 11 is 1.47. The van der Waals surface area contributed by atoms with E-state index in [1.165, 1.54) is 36.0 Å². The molecule has 90 valence electrons. The van der Waals surface area contributed by atoms with Gasteiger partial charge >= 0.3 is 0 Å². The van der Waals surface area contributed by atoms with Crippen molar-refractivity contribution in [3.05, 3.63) is 60.2 Å². The van der Waals surface area contributed by atoms with Crippen LogP contribution in [0.5, 0.6) is 0 Å². The molecule has 0 aliphatic heterocycles. The third-order valence-electron chi connectivity index (χ3n) is 1.86. The minimum absolute atomic E-state index is 0.251. The molecule has 0 fully saturated rings. The largest absolute Gasteiger partial charge is 0.207 e. The molecule has 17 heavy (non-hydrogen) atoms. The molecule has 0 atom stereocenters. The fourth-order valence-corrected chi connectivity index (χ4v) is 1.96. The molecule has 0 unspecified atom stereocenters. The second kappa shape index (κ2) is 7.07. The average molecular weight is 252 g/mol. The van der Waals surface area contributed by atoms with Crippen LogP contribution in [0.1, 0.15) is 13.8 Å². The van der Waals surface area contributed by atoms with E-state index in [2.05, 4.69) is 0 Å². The van der Waals surface area contributed by atoms with Crippen molar-refractivity contribution in [1.29, 1.82) is 0 Å². The van der Waals surface area contributed by atoms with Crippen LogP contribution in [0, 0.1) is 11.6 Å². The molecule has 2 aromatic carbocycles. The second-order valence-electron chi connectivity index (χ2n) is 3.01. The minimum Gasteiger partial charge on any atom is -0.207 e. The molecular formula is C14H14F2S. The summed E-state index contributed by atoms with van der Waals surface area (Å²) in [4.78, 5) is 1.87. The molecule has 0 amide bonds. The third-order valence-corrected chi connectivity index (χ3v) is 2.88. The van der Waals surface area contributed by atoms with Crippen LogP contribution in [0.3, 0.4) is 0 Å². The van der Waals surface area contributed by atoms with Crippen molar-refractivity contribution in [1.82, 2.24) is 0 Å². The molecule has 0 bridgehead atoms. The van der Waals surface area contributed by atoms with Gasteiger partial charge < -0.3 is 0 Å². The van der Waals surface area contributed by atoms with E-state index < -0.39 is 0 Å². The van der Waals surface area contributed by atoms with Crippen LogP contribution < -0.4 is 0 Å². The Hall–Kier alpha value is -1.35. The molecule has 0 saturated heterocycles. The maximum atomic E-state index is 12.6. The van der Waals surface area contributed by atoms with Gasteiger partial charge in [-0.15, -0.1) is 0 Å². The summed E-state index contributed by atoms with van der Waals surface area (Å²) in [6.45, 7) is 4.00. The van der Waals surface area contributed by atoms with Gasteiger partial charge in [-0.05, 0) is 48.5 Å². The molecule has 0 aromatic heterocycles. The van der Waals surface area contributed by atoms with E-state index in [1.54, 1.807) is 24.3 Å². The zero-order chi connectivity index (χ0) is 12.7. The van der Waals surface area contributed by atoms with Crippen molar-refractivity contribution in [2.45, 2.75) is 23.6 Å². The van der Waals surface area contributed by atoms with Crippen LogP contribution in [0.4, 0.5) is 8.78 Å². The van der Waals surface area contributed by atoms with E-state index in [0.717, 1.165) is 9.79 Å². The van der Waals surface area contributed by atoms with Gasteiger partial charge in [-0.25, -0.2) is 8.78 Å². The first-order valence-corrected chi connectivity index (χ1v) is 6.25. The van der Waals surface area contributed by atoms with E-state index in [4.69, 9.17) is 0 Å².